The lowest BCUT2D eigenvalue weighted by Crippen LogP contribution is -2.46. The van der Waals surface area contributed by atoms with Crippen molar-refractivity contribution in [3.63, 3.8) is 0 Å². The third-order valence-corrected chi connectivity index (χ3v) is 3.42. The minimum absolute atomic E-state index is 0.000697. The van der Waals surface area contributed by atoms with Gasteiger partial charge in [0.25, 0.3) is 0 Å². The van der Waals surface area contributed by atoms with Gasteiger partial charge < -0.3 is 10.0 Å². The summed E-state index contributed by atoms with van der Waals surface area (Å²) in [5.41, 5.74) is 1.43. The molecule has 0 unspecified atom stereocenters. The minimum Gasteiger partial charge on any atom is -0.507 e. The predicted molar refractivity (Wildman–Crippen MR) is 71.1 cm³/mol. The van der Waals surface area contributed by atoms with E-state index in [0.717, 1.165) is 31.7 Å². The highest BCUT2D eigenvalue weighted by molar-refractivity contribution is 6.00. The molecule has 0 aromatic heterocycles. The average Bonchev–Trinajstić information content (AvgIpc) is 2.35. The van der Waals surface area contributed by atoms with Crippen molar-refractivity contribution in [2.24, 2.45) is 0 Å². The van der Waals surface area contributed by atoms with Gasteiger partial charge in [-0.05, 0) is 26.1 Å². The zero-order valence-electron chi connectivity index (χ0n) is 11.0. The summed E-state index contributed by atoms with van der Waals surface area (Å²) in [7, 11) is 2.09. The third kappa shape index (κ3) is 3.09. The minimum atomic E-state index is 0.000697. The standard InChI is InChI=1S/C14H20N2O2/c1-11-3-4-13(17)12(9-11)14(18)10-16-7-5-15(2)6-8-16/h3-4,9,17H,5-8,10H2,1-2H3. The normalized spacial score (nSPS) is 17.9. The molecule has 1 aliphatic rings. The Bertz CT molecular complexity index is 437. The van der Waals surface area contributed by atoms with E-state index in [1.165, 1.54) is 0 Å². The van der Waals surface area contributed by atoms with Crippen LogP contribution in [-0.2, 0) is 0 Å². The second kappa shape index (κ2) is 5.50. The quantitative estimate of drug-likeness (QED) is 0.814. The summed E-state index contributed by atoms with van der Waals surface area (Å²) in [5, 5.41) is 9.73. The highest BCUT2D eigenvalue weighted by Gasteiger charge is 2.19. The summed E-state index contributed by atoms with van der Waals surface area (Å²) in [6.45, 7) is 6.13. The van der Waals surface area contributed by atoms with Gasteiger partial charge in [-0.1, -0.05) is 11.6 Å². The molecule has 1 saturated heterocycles. The first-order chi connectivity index (χ1) is 8.56. The molecule has 0 saturated carbocycles. The average molecular weight is 248 g/mol. The topological polar surface area (TPSA) is 43.8 Å². The molecule has 0 aliphatic carbocycles. The maximum Gasteiger partial charge on any atom is 0.180 e. The first-order valence-electron chi connectivity index (χ1n) is 6.30. The van der Waals surface area contributed by atoms with Crippen molar-refractivity contribution < 1.29 is 9.90 Å². The van der Waals surface area contributed by atoms with Crippen LogP contribution in [-0.4, -0.2) is 60.5 Å². The zero-order chi connectivity index (χ0) is 13.1. The molecule has 0 atom stereocenters. The number of benzene rings is 1. The molecule has 0 radical (unpaired) electrons. The van der Waals surface area contributed by atoms with Gasteiger partial charge in [-0.25, -0.2) is 0 Å². The van der Waals surface area contributed by atoms with Gasteiger partial charge in [-0.3, -0.25) is 9.69 Å². The van der Waals surface area contributed by atoms with E-state index in [2.05, 4.69) is 16.8 Å². The number of aryl methyl sites for hydroxylation is 1. The van der Waals surface area contributed by atoms with E-state index < -0.39 is 0 Å². The number of Topliss-reactive ketones (excluding diaryl/α,β-unsaturated/α-hetero) is 1. The number of phenolic OH excluding ortho intramolecular Hbond substituents is 1. The van der Waals surface area contributed by atoms with Gasteiger partial charge >= 0.3 is 0 Å². The summed E-state index contributed by atoms with van der Waals surface area (Å²) in [6, 6.07) is 5.16. The Labute approximate surface area is 108 Å². The summed E-state index contributed by atoms with van der Waals surface area (Å²) in [6.07, 6.45) is 0. The number of piperazine rings is 1. The lowest BCUT2D eigenvalue weighted by atomic mass is 10.1. The van der Waals surface area contributed by atoms with Gasteiger partial charge in [0.2, 0.25) is 0 Å². The number of carbonyl (C=O) groups is 1. The van der Waals surface area contributed by atoms with Crippen molar-refractivity contribution in [1.82, 2.24) is 9.80 Å². The summed E-state index contributed by atoms with van der Waals surface area (Å²) >= 11 is 0. The van der Waals surface area contributed by atoms with Gasteiger partial charge in [-0.15, -0.1) is 0 Å². The zero-order valence-corrected chi connectivity index (χ0v) is 11.0. The monoisotopic (exact) mass is 248 g/mol. The maximum atomic E-state index is 12.2. The van der Waals surface area contributed by atoms with Crippen LogP contribution >= 0.6 is 0 Å². The Morgan fingerprint density at radius 2 is 1.94 bits per heavy atom. The van der Waals surface area contributed by atoms with Crippen LogP contribution in [0.2, 0.25) is 0 Å². The van der Waals surface area contributed by atoms with Gasteiger partial charge in [0.05, 0.1) is 12.1 Å². The van der Waals surface area contributed by atoms with E-state index in [9.17, 15) is 9.90 Å². The van der Waals surface area contributed by atoms with Crippen LogP contribution in [0, 0.1) is 6.92 Å². The second-order valence-corrected chi connectivity index (χ2v) is 5.02. The SMILES string of the molecule is Cc1ccc(O)c(C(=O)CN2CCN(C)CC2)c1. The van der Waals surface area contributed by atoms with Crippen molar-refractivity contribution in [2.45, 2.75) is 6.92 Å². The second-order valence-electron chi connectivity index (χ2n) is 5.02. The van der Waals surface area contributed by atoms with Crippen LogP contribution in [0.15, 0.2) is 18.2 Å². The molecule has 2 rings (SSSR count). The first kappa shape index (κ1) is 13.1. The molecule has 4 nitrogen and oxygen atoms in total. The molecule has 1 aliphatic heterocycles. The van der Waals surface area contributed by atoms with Crippen molar-refractivity contribution in [3.05, 3.63) is 29.3 Å². The Balaban J connectivity index is 2.01. The Kier molecular flexibility index (Phi) is 3.99. The number of nitrogens with zero attached hydrogens (tertiary/aromatic N) is 2. The first-order valence-corrected chi connectivity index (χ1v) is 6.30. The molecule has 1 aromatic carbocycles. The molecule has 1 N–H and O–H groups in total. The lowest BCUT2D eigenvalue weighted by molar-refractivity contribution is 0.0874. The predicted octanol–water partition coefficient (Wildman–Crippen LogP) is 1.13. The van der Waals surface area contributed by atoms with Crippen LogP contribution in [0.5, 0.6) is 5.75 Å². The molecule has 98 valence electrons. The number of rotatable bonds is 3. The molecule has 1 aromatic rings. The van der Waals surface area contributed by atoms with Crippen LogP contribution in [0.25, 0.3) is 0 Å². The maximum absolute atomic E-state index is 12.2. The van der Waals surface area contributed by atoms with E-state index in [4.69, 9.17) is 0 Å². The molecule has 0 spiro atoms. The number of aromatic hydroxyl groups is 1. The van der Waals surface area contributed by atoms with Crippen LogP contribution in [0.4, 0.5) is 0 Å². The molecule has 18 heavy (non-hydrogen) atoms. The summed E-state index contributed by atoms with van der Waals surface area (Å²) in [4.78, 5) is 16.6. The molecular weight excluding hydrogens is 228 g/mol. The molecule has 0 amide bonds. The van der Waals surface area contributed by atoms with E-state index in [1.54, 1.807) is 12.1 Å². The molecule has 1 heterocycles. The van der Waals surface area contributed by atoms with Crippen molar-refractivity contribution in [2.75, 3.05) is 39.8 Å². The summed E-state index contributed by atoms with van der Waals surface area (Å²) in [5.74, 6) is 0.0838. The number of carbonyl (C=O) groups excluding carboxylic acids is 1. The fourth-order valence-corrected chi connectivity index (χ4v) is 2.17. The third-order valence-electron chi connectivity index (χ3n) is 3.42. The van der Waals surface area contributed by atoms with Crippen LogP contribution < -0.4 is 0 Å². The van der Waals surface area contributed by atoms with Crippen molar-refractivity contribution in [1.29, 1.82) is 0 Å². The van der Waals surface area contributed by atoms with E-state index in [1.807, 2.05) is 13.0 Å². The van der Waals surface area contributed by atoms with E-state index in [-0.39, 0.29) is 11.5 Å². The smallest absolute Gasteiger partial charge is 0.180 e. The highest BCUT2D eigenvalue weighted by atomic mass is 16.3. The van der Waals surface area contributed by atoms with Gasteiger partial charge in [0.1, 0.15) is 5.75 Å². The van der Waals surface area contributed by atoms with Crippen LogP contribution in [0.3, 0.4) is 0 Å². The number of likely N-dealkylation sites (N-methyl/N-ethyl adjacent to an activating group) is 1. The Morgan fingerprint density at radius 1 is 1.28 bits per heavy atom. The highest BCUT2D eigenvalue weighted by Crippen LogP contribution is 2.19. The fourth-order valence-electron chi connectivity index (χ4n) is 2.17. The van der Waals surface area contributed by atoms with Gasteiger partial charge in [0, 0.05) is 26.2 Å². The number of hydrogen-bond donors (Lipinski definition) is 1. The van der Waals surface area contributed by atoms with Gasteiger partial charge in [0.15, 0.2) is 5.78 Å². The largest absolute Gasteiger partial charge is 0.507 e. The number of hydrogen-bond acceptors (Lipinski definition) is 4. The Morgan fingerprint density at radius 3 is 2.61 bits per heavy atom. The summed E-state index contributed by atoms with van der Waals surface area (Å²) < 4.78 is 0. The van der Waals surface area contributed by atoms with E-state index >= 15 is 0 Å². The number of ketones is 1. The van der Waals surface area contributed by atoms with E-state index in [0.29, 0.717) is 12.1 Å². The lowest BCUT2D eigenvalue weighted by Gasteiger charge is -2.31. The fraction of sp³-hybridized carbons (Fsp3) is 0.500. The molecular formula is C14H20N2O2. The molecule has 1 fully saturated rings. The number of phenols is 1. The molecule has 0 bridgehead atoms. The van der Waals surface area contributed by atoms with Crippen molar-refractivity contribution >= 4 is 5.78 Å². The molecule has 4 heteroatoms. The van der Waals surface area contributed by atoms with Gasteiger partial charge in [-0.2, -0.15) is 0 Å². The Hall–Kier alpha value is -1.39. The van der Waals surface area contributed by atoms with Crippen LogP contribution in [0.1, 0.15) is 15.9 Å². The van der Waals surface area contributed by atoms with Crippen molar-refractivity contribution in [3.8, 4) is 5.75 Å².